The van der Waals surface area contributed by atoms with Gasteiger partial charge in [-0.2, -0.15) is 0 Å². The third-order valence-corrected chi connectivity index (χ3v) is 5.57. The lowest BCUT2D eigenvalue weighted by Crippen LogP contribution is -2.37. The summed E-state index contributed by atoms with van der Waals surface area (Å²) in [5.41, 5.74) is 3.26. The summed E-state index contributed by atoms with van der Waals surface area (Å²) >= 11 is 6.09. The molecule has 27 heavy (non-hydrogen) atoms. The first-order chi connectivity index (χ1) is 13.3. The Balaban J connectivity index is 1.27. The van der Waals surface area contributed by atoms with E-state index in [-0.39, 0.29) is 0 Å². The highest BCUT2D eigenvalue weighted by atomic mass is 35.5. The molecule has 1 aliphatic rings. The van der Waals surface area contributed by atoms with E-state index in [9.17, 15) is 0 Å². The van der Waals surface area contributed by atoms with Crippen LogP contribution in [0.5, 0.6) is 0 Å². The second-order valence-corrected chi connectivity index (χ2v) is 7.67. The van der Waals surface area contributed by atoms with Gasteiger partial charge in [-0.1, -0.05) is 17.7 Å². The van der Waals surface area contributed by atoms with Crippen molar-refractivity contribution >= 4 is 28.2 Å². The number of pyridine rings is 2. The van der Waals surface area contributed by atoms with E-state index >= 15 is 0 Å². The van der Waals surface area contributed by atoms with E-state index in [0.717, 1.165) is 40.3 Å². The van der Waals surface area contributed by atoms with Crippen LogP contribution in [0.25, 0.3) is 10.9 Å². The SMILES string of the molecule is Clc1ccc2c(NC3CCC(NCCc4ccccn4)CC3)ccnc2c1. The van der Waals surface area contributed by atoms with Crippen LogP contribution >= 0.6 is 11.6 Å². The van der Waals surface area contributed by atoms with Crippen molar-refractivity contribution in [3.63, 3.8) is 0 Å². The average molecular weight is 381 g/mol. The molecule has 0 aliphatic heterocycles. The highest BCUT2D eigenvalue weighted by Crippen LogP contribution is 2.28. The third-order valence-electron chi connectivity index (χ3n) is 5.33. The number of nitrogens with one attached hydrogen (secondary N) is 2. The van der Waals surface area contributed by atoms with Crippen LogP contribution < -0.4 is 10.6 Å². The molecule has 1 fully saturated rings. The molecular formula is C22H25ClN4. The van der Waals surface area contributed by atoms with Crippen LogP contribution in [0.1, 0.15) is 31.4 Å². The van der Waals surface area contributed by atoms with Crippen molar-refractivity contribution < 1.29 is 0 Å². The number of benzene rings is 1. The van der Waals surface area contributed by atoms with Gasteiger partial charge >= 0.3 is 0 Å². The third kappa shape index (κ3) is 4.76. The van der Waals surface area contributed by atoms with Crippen molar-refractivity contribution in [2.45, 2.75) is 44.2 Å². The fourth-order valence-corrected chi connectivity index (χ4v) is 4.03. The predicted octanol–water partition coefficient (Wildman–Crippen LogP) is 4.84. The highest BCUT2D eigenvalue weighted by Gasteiger charge is 2.21. The summed E-state index contributed by atoms with van der Waals surface area (Å²) in [5.74, 6) is 0. The number of hydrogen-bond donors (Lipinski definition) is 2. The normalized spacial score (nSPS) is 19.9. The number of aromatic nitrogens is 2. The van der Waals surface area contributed by atoms with Crippen LogP contribution in [0.4, 0.5) is 5.69 Å². The zero-order valence-corrected chi connectivity index (χ0v) is 16.1. The number of halogens is 1. The Morgan fingerprint density at radius 3 is 2.59 bits per heavy atom. The summed E-state index contributed by atoms with van der Waals surface area (Å²) in [4.78, 5) is 8.81. The molecule has 0 atom stereocenters. The van der Waals surface area contributed by atoms with E-state index in [2.05, 4.69) is 44.9 Å². The molecule has 4 nitrogen and oxygen atoms in total. The predicted molar refractivity (Wildman–Crippen MR) is 112 cm³/mol. The highest BCUT2D eigenvalue weighted by molar-refractivity contribution is 6.31. The monoisotopic (exact) mass is 380 g/mol. The van der Waals surface area contributed by atoms with Gasteiger partial charge in [-0.05, 0) is 62.1 Å². The molecule has 0 spiro atoms. The van der Waals surface area contributed by atoms with Gasteiger partial charge in [0.25, 0.3) is 0 Å². The summed E-state index contributed by atoms with van der Waals surface area (Å²) < 4.78 is 0. The maximum absolute atomic E-state index is 6.09. The molecule has 5 heteroatoms. The van der Waals surface area contributed by atoms with Gasteiger partial charge < -0.3 is 10.6 Å². The molecule has 1 aromatic carbocycles. The molecule has 2 aromatic heterocycles. The molecule has 0 unspecified atom stereocenters. The zero-order valence-electron chi connectivity index (χ0n) is 15.4. The largest absolute Gasteiger partial charge is 0.382 e. The summed E-state index contributed by atoms with van der Waals surface area (Å²) in [6, 6.07) is 15.2. The average Bonchev–Trinajstić information content (AvgIpc) is 2.70. The standard InChI is InChI=1S/C22H25ClN4/c23-16-4-9-20-21(11-14-26-22(20)15-16)27-19-7-5-18(6-8-19)25-13-10-17-3-1-2-12-24-17/h1-4,9,11-12,14-15,18-19,25H,5-8,10,13H2,(H,26,27). The Morgan fingerprint density at radius 2 is 1.78 bits per heavy atom. The molecule has 3 aromatic rings. The van der Waals surface area contributed by atoms with E-state index < -0.39 is 0 Å². The smallest absolute Gasteiger partial charge is 0.0737 e. The Bertz CT molecular complexity index is 876. The summed E-state index contributed by atoms with van der Waals surface area (Å²) in [7, 11) is 0. The lowest BCUT2D eigenvalue weighted by molar-refractivity contribution is 0.355. The van der Waals surface area contributed by atoms with E-state index in [1.54, 1.807) is 0 Å². The molecule has 1 saturated carbocycles. The summed E-state index contributed by atoms with van der Waals surface area (Å²) in [5, 5.41) is 9.29. The van der Waals surface area contributed by atoms with Crippen molar-refractivity contribution in [2.75, 3.05) is 11.9 Å². The molecule has 0 amide bonds. The number of fused-ring (bicyclic) bond motifs is 1. The van der Waals surface area contributed by atoms with Gasteiger partial charge in [0.05, 0.1) is 5.52 Å². The number of anilines is 1. The molecule has 0 radical (unpaired) electrons. The van der Waals surface area contributed by atoms with E-state index in [1.807, 2.05) is 30.6 Å². The van der Waals surface area contributed by atoms with Crippen LogP contribution in [0.15, 0.2) is 54.9 Å². The minimum absolute atomic E-state index is 0.514. The first-order valence-corrected chi connectivity index (χ1v) is 10.1. The van der Waals surface area contributed by atoms with Crippen molar-refractivity contribution in [2.24, 2.45) is 0 Å². The Morgan fingerprint density at radius 1 is 0.926 bits per heavy atom. The maximum atomic E-state index is 6.09. The lowest BCUT2D eigenvalue weighted by atomic mass is 9.90. The van der Waals surface area contributed by atoms with Gasteiger partial charge in [0.1, 0.15) is 0 Å². The van der Waals surface area contributed by atoms with Crippen LogP contribution in [-0.2, 0) is 6.42 Å². The van der Waals surface area contributed by atoms with Crippen LogP contribution in [0.3, 0.4) is 0 Å². The Labute approximate surface area is 165 Å². The maximum Gasteiger partial charge on any atom is 0.0737 e. The summed E-state index contributed by atoms with van der Waals surface area (Å²) in [6.45, 7) is 0.996. The first-order valence-electron chi connectivity index (χ1n) is 9.72. The topological polar surface area (TPSA) is 49.8 Å². The van der Waals surface area contributed by atoms with Crippen molar-refractivity contribution in [1.82, 2.24) is 15.3 Å². The van der Waals surface area contributed by atoms with Gasteiger partial charge in [-0.25, -0.2) is 0 Å². The minimum atomic E-state index is 0.514. The van der Waals surface area contributed by atoms with Crippen LogP contribution in [0, 0.1) is 0 Å². The van der Waals surface area contributed by atoms with Gasteiger partial charge in [0.15, 0.2) is 0 Å². The Hall–Kier alpha value is -2.17. The molecule has 4 rings (SSSR count). The molecular weight excluding hydrogens is 356 g/mol. The minimum Gasteiger partial charge on any atom is -0.382 e. The fraction of sp³-hybridized carbons (Fsp3) is 0.364. The lowest BCUT2D eigenvalue weighted by Gasteiger charge is -2.30. The molecule has 0 saturated heterocycles. The van der Waals surface area contributed by atoms with Gasteiger partial charge in [0.2, 0.25) is 0 Å². The second-order valence-electron chi connectivity index (χ2n) is 7.24. The van der Waals surface area contributed by atoms with Gasteiger partial charge in [-0.15, -0.1) is 0 Å². The van der Waals surface area contributed by atoms with Crippen LogP contribution in [0.2, 0.25) is 5.02 Å². The van der Waals surface area contributed by atoms with Gasteiger partial charge in [-0.3, -0.25) is 9.97 Å². The number of hydrogen-bond acceptors (Lipinski definition) is 4. The van der Waals surface area contributed by atoms with Crippen molar-refractivity contribution in [3.05, 3.63) is 65.6 Å². The quantitative estimate of drug-likeness (QED) is 0.642. The second kappa shape index (κ2) is 8.68. The summed E-state index contributed by atoms with van der Waals surface area (Å²) in [6.07, 6.45) is 9.47. The van der Waals surface area contributed by atoms with E-state index in [0.29, 0.717) is 12.1 Å². The number of rotatable bonds is 6. The fourth-order valence-electron chi connectivity index (χ4n) is 3.86. The molecule has 2 heterocycles. The first kappa shape index (κ1) is 18.2. The van der Waals surface area contributed by atoms with Crippen molar-refractivity contribution in [1.29, 1.82) is 0 Å². The van der Waals surface area contributed by atoms with Crippen LogP contribution in [-0.4, -0.2) is 28.6 Å². The van der Waals surface area contributed by atoms with Gasteiger partial charge in [0, 0.05) is 59.2 Å². The zero-order chi connectivity index (χ0) is 18.5. The number of nitrogens with zero attached hydrogens (tertiary/aromatic N) is 2. The molecule has 1 aliphatic carbocycles. The molecule has 0 bridgehead atoms. The Kier molecular flexibility index (Phi) is 5.85. The van der Waals surface area contributed by atoms with E-state index in [4.69, 9.17) is 11.6 Å². The van der Waals surface area contributed by atoms with Crippen molar-refractivity contribution in [3.8, 4) is 0 Å². The van der Waals surface area contributed by atoms with E-state index in [1.165, 1.54) is 25.7 Å². The molecule has 2 N–H and O–H groups in total. The molecule has 140 valence electrons.